The fraction of sp³-hybridized carbons (Fsp3) is 0.350. The Labute approximate surface area is 148 Å². The summed E-state index contributed by atoms with van der Waals surface area (Å²) in [4.78, 5) is 14.4. The van der Waals surface area contributed by atoms with E-state index in [1.54, 1.807) is 0 Å². The smallest absolute Gasteiger partial charge is 0.407 e. The Bertz CT molecular complexity index is 663. The molecule has 0 bridgehead atoms. The van der Waals surface area contributed by atoms with Crippen LogP contribution in [0.4, 0.5) is 4.79 Å². The molecular weight excluding hydrogens is 316 g/mol. The zero-order valence-electron chi connectivity index (χ0n) is 14.4. The Hall–Kier alpha value is -2.37. The number of likely N-dealkylation sites (N-methyl/N-ethyl adjacent to an activating group) is 1. The van der Waals surface area contributed by atoms with E-state index in [1.165, 1.54) is 0 Å². The summed E-state index contributed by atoms with van der Waals surface area (Å²) in [5, 5.41) is 2.98. The number of nitrogens with one attached hydrogen (secondary N) is 1. The van der Waals surface area contributed by atoms with Gasteiger partial charge in [-0.1, -0.05) is 60.7 Å². The number of ether oxygens (including phenoxy) is 2. The first kappa shape index (κ1) is 17.5. The molecule has 2 aromatic rings. The Kier molecular flexibility index (Phi) is 6.04. The first-order valence-corrected chi connectivity index (χ1v) is 8.55. The minimum absolute atomic E-state index is 0.149. The SMILES string of the molecule is CN1CCOC1[C@H](Cc1ccccc1)NC(=O)OCc1ccccc1. The Morgan fingerprint density at radius 2 is 1.80 bits per heavy atom. The van der Waals surface area contributed by atoms with Crippen LogP contribution in [0.25, 0.3) is 0 Å². The molecule has 1 amide bonds. The second-order valence-corrected chi connectivity index (χ2v) is 6.24. The predicted molar refractivity (Wildman–Crippen MR) is 96.1 cm³/mol. The van der Waals surface area contributed by atoms with Crippen LogP contribution in [0.5, 0.6) is 0 Å². The molecule has 132 valence electrons. The molecule has 0 saturated carbocycles. The van der Waals surface area contributed by atoms with Gasteiger partial charge in [-0.25, -0.2) is 4.79 Å². The zero-order valence-corrected chi connectivity index (χ0v) is 14.4. The van der Waals surface area contributed by atoms with Crippen molar-refractivity contribution in [3.63, 3.8) is 0 Å². The number of alkyl carbamates (subject to hydrolysis) is 1. The molecule has 1 N–H and O–H groups in total. The van der Waals surface area contributed by atoms with Crippen molar-refractivity contribution < 1.29 is 14.3 Å². The van der Waals surface area contributed by atoms with E-state index in [9.17, 15) is 4.79 Å². The predicted octanol–water partition coefficient (Wildman–Crippen LogP) is 2.81. The van der Waals surface area contributed by atoms with E-state index < -0.39 is 6.09 Å². The van der Waals surface area contributed by atoms with E-state index >= 15 is 0 Å². The number of carbonyl (C=O) groups excluding carboxylic acids is 1. The summed E-state index contributed by atoms with van der Waals surface area (Å²) in [5.41, 5.74) is 2.12. The first-order chi connectivity index (χ1) is 12.2. The van der Waals surface area contributed by atoms with Gasteiger partial charge in [-0.3, -0.25) is 4.90 Å². The molecule has 1 saturated heterocycles. The van der Waals surface area contributed by atoms with Gasteiger partial charge in [0.15, 0.2) is 0 Å². The molecule has 1 aliphatic heterocycles. The van der Waals surface area contributed by atoms with Crippen molar-refractivity contribution in [1.29, 1.82) is 0 Å². The summed E-state index contributed by atoms with van der Waals surface area (Å²) in [6, 6.07) is 19.6. The van der Waals surface area contributed by atoms with Gasteiger partial charge >= 0.3 is 6.09 Å². The number of benzene rings is 2. The molecule has 1 aliphatic rings. The third-order valence-electron chi connectivity index (χ3n) is 4.33. The maximum Gasteiger partial charge on any atom is 0.407 e. The van der Waals surface area contributed by atoms with Crippen LogP contribution < -0.4 is 5.32 Å². The van der Waals surface area contributed by atoms with Crippen LogP contribution >= 0.6 is 0 Å². The number of amides is 1. The van der Waals surface area contributed by atoms with Gasteiger partial charge < -0.3 is 14.8 Å². The molecule has 1 unspecified atom stereocenters. The minimum atomic E-state index is -0.423. The second-order valence-electron chi connectivity index (χ2n) is 6.24. The summed E-state index contributed by atoms with van der Waals surface area (Å²) in [5.74, 6) is 0. The van der Waals surface area contributed by atoms with Crippen LogP contribution in [0.15, 0.2) is 60.7 Å². The number of nitrogens with zero attached hydrogens (tertiary/aromatic N) is 1. The quantitative estimate of drug-likeness (QED) is 0.878. The van der Waals surface area contributed by atoms with E-state index in [1.807, 2.05) is 55.6 Å². The highest BCUT2D eigenvalue weighted by Crippen LogP contribution is 2.16. The highest BCUT2D eigenvalue weighted by Gasteiger charge is 2.32. The lowest BCUT2D eigenvalue weighted by molar-refractivity contribution is 0.0127. The number of rotatable bonds is 6. The van der Waals surface area contributed by atoms with E-state index in [0.29, 0.717) is 13.0 Å². The lowest BCUT2D eigenvalue weighted by atomic mass is 10.0. The maximum absolute atomic E-state index is 12.3. The van der Waals surface area contributed by atoms with Crippen LogP contribution in [-0.2, 0) is 22.5 Å². The van der Waals surface area contributed by atoms with Gasteiger partial charge in [-0.2, -0.15) is 0 Å². The molecule has 0 aromatic heterocycles. The molecule has 0 spiro atoms. The molecule has 2 atom stereocenters. The highest BCUT2D eigenvalue weighted by atomic mass is 16.6. The average molecular weight is 340 g/mol. The normalized spacial score (nSPS) is 18.7. The summed E-state index contributed by atoms with van der Waals surface area (Å²) in [6.07, 6.45) is 0.120. The highest BCUT2D eigenvalue weighted by molar-refractivity contribution is 5.67. The Balaban J connectivity index is 1.61. The van der Waals surface area contributed by atoms with Gasteiger partial charge in [0.1, 0.15) is 12.8 Å². The number of hydrogen-bond acceptors (Lipinski definition) is 4. The Morgan fingerprint density at radius 1 is 1.16 bits per heavy atom. The second kappa shape index (κ2) is 8.65. The molecule has 1 fully saturated rings. The zero-order chi connectivity index (χ0) is 17.5. The van der Waals surface area contributed by atoms with Gasteiger partial charge in [0.25, 0.3) is 0 Å². The summed E-state index contributed by atoms with van der Waals surface area (Å²) in [7, 11) is 2.01. The van der Waals surface area contributed by atoms with Gasteiger partial charge in [-0.05, 0) is 24.6 Å². The Morgan fingerprint density at radius 3 is 2.40 bits per heavy atom. The standard InChI is InChI=1S/C20H24N2O3/c1-22-12-13-24-19(22)18(14-16-8-4-2-5-9-16)21-20(23)25-15-17-10-6-3-7-11-17/h2-11,18-19H,12-15H2,1H3,(H,21,23)/t18-,19?/m0/s1. The number of carbonyl (C=O) groups is 1. The molecule has 0 aliphatic carbocycles. The first-order valence-electron chi connectivity index (χ1n) is 8.55. The van der Waals surface area contributed by atoms with Crippen LogP contribution in [0, 0.1) is 0 Å². The van der Waals surface area contributed by atoms with E-state index in [-0.39, 0.29) is 18.9 Å². The topological polar surface area (TPSA) is 50.8 Å². The monoisotopic (exact) mass is 340 g/mol. The van der Waals surface area contributed by atoms with Crippen molar-refractivity contribution in [2.45, 2.75) is 25.3 Å². The third-order valence-corrected chi connectivity index (χ3v) is 4.33. The van der Waals surface area contributed by atoms with Gasteiger partial charge in [0, 0.05) is 6.54 Å². The van der Waals surface area contributed by atoms with Crippen molar-refractivity contribution in [1.82, 2.24) is 10.2 Å². The summed E-state index contributed by atoms with van der Waals surface area (Å²) in [6.45, 7) is 1.79. The van der Waals surface area contributed by atoms with Gasteiger partial charge in [-0.15, -0.1) is 0 Å². The average Bonchev–Trinajstić information content (AvgIpc) is 3.07. The van der Waals surface area contributed by atoms with Crippen molar-refractivity contribution in [3.05, 3.63) is 71.8 Å². The van der Waals surface area contributed by atoms with Crippen LogP contribution in [0.3, 0.4) is 0 Å². The van der Waals surface area contributed by atoms with Gasteiger partial charge in [0.05, 0.1) is 12.6 Å². The van der Waals surface area contributed by atoms with Crippen molar-refractivity contribution in [2.75, 3.05) is 20.2 Å². The lowest BCUT2D eigenvalue weighted by Crippen LogP contribution is -2.50. The molecule has 0 radical (unpaired) electrons. The molecule has 5 heteroatoms. The molecule has 3 rings (SSSR count). The van der Waals surface area contributed by atoms with Crippen molar-refractivity contribution >= 4 is 6.09 Å². The maximum atomic E-state index is 12.3. The molecule has 25 heavy (non-hydrogen) atoms. The summed E-state index contributed by atoms with van der Waals surface area (Å²) < 4.78 is 11.2. The fourth-order valence-electron chi connectivity index (χ4n) is 3.00. The van der Waals surface area contributed by atoms with Gasteiger partial charge in [0.2, 0.25) is 0 Å². The molecule has 5 nitrogen and oxygen atoms in total. The third kappa shape index (κ3) is 5.05. The van der Waals surface area contributed by atoms with E-state index in [2.05, 4.69) is 22.3 Å². The lowest BCUT2D eigenvalue weighted by Gasteiger charge is -2.28. The van der Waals surface area contributed by atoms with Crippen LogP contribution in [-0.4, -0.2) is 43.5 Å². The van der Waals surface area contributed by atoms with Crippen molar-refractivity contribution in [2.24, 2.45) is 0 Å². The minimum Gasteiger partial charge on any atom is -0.445 e. The van der Waals surface area contributed by atoms with E-state index in [0.717, 1.165) is 17.7 Å². The summed E-state index contributed by atoms with van der Waals surface area (Å²) >= 11 is 0. The largest absolute Gasteiger partial charge is 0.445 e. The van der Waals surface area contributed by atoms with Crippen molar-refractivity contribution in [3.8, 4) is 0 Å². The van der Waals surface area contributed by atoms with E-state index in [4.69, 9.17) is 9.47 Å². The molecular formula is C20H24N2O3. The fourth-order valence-corrected chi connectivity index (χ4v) is 3.00. The number of hydrogen-bond donors (Lipinski definition) is 1. The molecule has 2 aromatic carbocycles. The molecule has 1 heterocycles. The van der Waals surface area contributed by atoms with Crippen LogP contribution in [0.2, 0.25) is 0 Å². The van der Waals surface area contributed by atoms with Crippen LogP contribution in [0.1, 0.15) is 11.1 Å².